The van der Waals surface area contributed by atoms with Crippen molar-refractivity contribution in [3.63, 3.8) is 0 Å². The van der Waals surface area contributed by atoms with Gasteiger partial charge in [-0.3, -0.25) is 14.3 Å². The molecular weight excluding hydrogens is 409 g/mol. The number of thioether (sulfide) groups is 1. The van der Waals surface area contributed by atoms with Gasteiger partial charge in [0.05, 0.1) is 18.4 Å². The van der Waals surface area contributed by atoms with E-state index < -0.39 is 11.2 Å². The van der Waals surface area contributed by atoms with Crippen molar-refractivity contribution in [3.05, 3.63) is 70.5 Å². The van der Waals surface area contributed by atoms with E-state index in [4.69, 9.17) is 0 Å². The summed E-state index contributed by atoms with van der Waals surface area (Å²) in [6.07, 6.45) is 2.64. The molecule has 7 nitrogen and oxygen atoms in total. The highest BCUT2D eigenvalue weighted by molar-refractivity contribution is 8.00. The van der Waals surface area contributed by atoms with E-state index in [2.05, 4.69) is 10.3 Å². The van der Waals surface area contributed by atoms with Crippen molar-refractivity contribution >= 4 is 17.7 Å². The molecule has 0 saturated heterocycles. The molecule has 2 heterocycles. The molecular formula is C18H15F3N4O3S. The lowest BCUT2D eigenvalue weighted by Crippen LogP contribution is -2.24. The number of carbonyl (C=O) groups excluding carboxylic acids is 1. The van der Waals surface area contributed by atoms with E-state index in [-0.39, 0.29) is 46.4 Å². The van der Waals surface area contributed by atoms with E-state index in [1.165, 1.54) is 54.3 Å². The number of nitrogens with one attached hydrogen (secondary N) is 1. The van der Waals surface area contributed by atoms with Crippen LogP contribution in [0, 0.1) is 0 Å². The number of benzene rings is 1. The maximum atomic E-state index is 12.7. The highest BCUT2D eigenvalue weighted by Crippen LogP contribution is 2.37. The summed E-state index contributed by atoms with van der Waals surface area (Å²) in [6.45, 7) is 0.0634. The summed E-state index contributed by atoms with van der Waals surface area (Å²) in [6, 6.07) is 8.20. The minimum atomic E-state index is -4.41. The maximum absolute atomic E-state index is 12.7. The van der Waals surface area contributed by atoms with Crippen LogP contribution in [0.1, 0.15) is 16.1 Å². The lowest BCUT2D eigenvalue weighted by Gasteiger charge is -2.07. The molecule has 0 aliphatic heterocycles. The average Bonchev–Trinajstić information content (AvgIpc) is 2.94. The van der Waals surface area contributed by atoms with Gasteiger partial charge in [0, 0.05) is 18.1 Å². The first kappa shape index (κ1) is 20.5. The third-order valence-corrected chi connectivity index (χ3v) is 4.64. The van der Waals surface area contributed by atoms with Gasteiger partial charge in [0.15, 0.2) is 0 Å². The van der Waals surface area contributed by atoms with Crippen LogP contribution in [-0.2, 0) is 6.54 Å². The van der Waals surface area contributed by atoms with Crippen LogP contribution in [0.15, 0.2) is 58.5 Å². The molecule has 1 aromatic carbocycles. The fraction of sp³-hybridized carbons (Fsp3) is 0.167. The minimum Gasteiger partial charge on any atom is -0.493 e. The van der Waals surface area contributed by atoms with E-state index in [1.807, 2.05) is 0 Å². The number of halogens is 3. The summed E-state index contributed by atoms with van der Waals surface area (Å²) in [4.78, 5) is 28.3. The van der Waals surface area contributed by atoms with Gasteiger partial charge in [-0.2, -0.15) is 13.2 Å². The number of pyridine rings is 1. The number of aromatic hydroxyl groups is 1. The largest absolute Gasteiger partial charge is 0.493 e. The van der Waals surface area contributed by atoms with Crippen molar-refractivity contribution in [2.45, 2.75) is 16.9 Å². The van der Waals surface area contributed by atoms with Gasteiger partial charge in [-0.05, 0) is 53.7 Å². The van der Waals surface area contributed by atoms with Crippen LogP contribution >= 0.6 is 11.8 Å². The van der Waals surface area contributed by atoms with Crippen molar-refractivity contribution in [2.75, 3.05) is 7.05 Å². The van der Waals surface area contributed by atoms with Gasteiger partial charge in [0.25, 0.3) is 5.91 Å². The zero-order valence-corrected chi connectivity index (χ0v) is 15.8. The molecule has 29 heavy (non-hydrogen) atoms. The fourth-order valence-electron chi connectivity index (χ4n) is 2.65. The normalized spacial score (nSPS) is 11.4. The van der Waals surface area contributed by atoms with Gasteiger partial charge in [-0.25, -0.2) is 9.36 Å². The van der Waals surface area contributed by atoms with Crippen molar-refractivity contribution in [1.82, 2.24) is 19.4 Å². The third kappa shape index (κ3) is 4.80. The van der Waals surface area contributed by atoms with Gasteiger partial charge < -0.3 is 10.4 Å². The van der Waals surface area contributed by atoms with Crippen molar-refractivity contribution < 1.29 is 23.1 Å². The summed E-state index contributed by atoms with van der Waals surface area (Å²) >= 11 is -0.268. The van der Waals surface area contributed by atoms with Gasteiger partial charge in [-0.15, -0.1) is 0 Å². The Morgan fingerprint density at radius 3 is 2.55 bits per heavy atom. The second-order valence-corrected chi connectivity index (χ2v) is 7.04. The van der Waals surface area contributed by atoms with Crippen LogP contribution in [0.5, 0.6) is 5.88 Å². The van der Waals surface area contributed by atoms with Crippen molar-refractivity contribution in [2.24, 2.45) is 0 Å². The Kier molecular flexibility index (Phi) is 5.69. The molecule has 0 aliphatic rings. The molecule has 0 unspecified atom stereocenters. The van der Waals surface area contributed by atoms with Crippen LogP contribution in [0.4, 0.5) is 13.2 Å². The number of hydrogen-bond acceptors (Lipinski definition) is 5. The standard InChI is InChI=1S/C18H15F3N4O3S/c1-22-16(27)14-8-11(6-7-23-14)9-24-10-15(26)25(17(24)28)12-2-4-13(5-3-12)29-18(19,20)21/h2-8,10,26H,9H2,1H3,(H,22,27). The van der Waals surface area contributed by atoms with Crippen molar-refractivity contribution in [1.29, 1.82) is 0 Å². The Bertz CT molecular complexity index is 1090. The van der Waals surface area contributed by atoms with E-state index in [1.54, 1.807) is 6.07 Å². The molecule has 152 valence electrons. The van der Waals surface area contributed by atoms with E-state index in [0.29, 0.717) is 5.56 Å². The Morgan fingerprint density at radius 1 is 1.24 bits per heavy atom. The SMILES string of the molecule is CNC(=O)c1cc(Cn2cc(O)n(-c3ccc(SC(F)(F)F)cc3)c2=O)ccn1. The maximum Gasteiger partial charge on any atom is 0.446 e. The molecule has 0 spiro atoms. The molecule has 0 bridgehead atoms. The number of imidazole rings is 1. The van der Waals surface area contributed by atoms with Crippen LogP contribution in [-0.4, -0.2) is 37.7 Å². The molecule has 3 rings (SSSR count). The molecule has 0 radical (unpaired) electrons. The van der Waals surface area contributed by atoms with Crippen LogP contribution < -0.4 is 11.0 Å². The number of amides is 1. The highest BCUT2D eigenvalue weighted by Gasteiger charge is 2.29. The predicted octanol–water partition coefficient (Wildman–Crippen LogP) is 2.76. The zero-order valence-electron chi connectivity index (χ0n) is 15.0. The number of nitrogens with zero attached hydrogens (tertiary/aromatic N) is 3. The molecule has 2 aromatic heterocycles. The predicted molar refractivity (Wildman–Crippen MR) is 100 cm³/mol. The third-order valence-electron chi connectivity index (χ3n) is 3.90. The Labute approximate surface area is 166 Å². The number of hydrogen-bond donors (Lipinski definition) is 2. The number of alkyl halides is 3. The van der Waals surface area contributed by atoms with Crippen molar-refractivity contribution in [3.8, 4) is 11.6 Å². The number of carbonyl (C=O) groups is 1. The topological polar surface area (TPSA) is 89.2 Å². The molecule has 0 saturated carbocycles. The first-order valence-electron chi connectivity index (χ1n) is 8.22. The van der Waals surface area contributed by atoms with Crippen LogP contribution in [0.3, 0.4) is 0 Å². The summed E-state index contributed by atoms with van der Waals surface area (Å²) in [5.41, 5.74) is -3.99. The zero-order chi connectivity index (χ0) is 21.2. The molecule has 0 fully saturated rings. The number of aromatic nitrogens is 3. The average molecular weight is 424 g/mol. The summed E-state index contributed by atoms with van der Waals surface area (Å²) in [5.74, 6) is -0.747. The molecule has 3 aromatic rings. The fourth-order valence-corrected chi connectivity index (χ4v) is 3.19. The lowest BCUT2D eigenvalue weighted by atomic mass is 10.2. The Balaban J connectivity index is 1.88. The molecule has 11 heteroatoms. The van der Waals surface area contributed by atoms with Gasteiger partial charge in [0.2, 0.25) is 5.88 Å². The first-order valence-corrected chi connectivity index (χ1v) is 9.04. The smallest absolute Gasteiger partial charge is 0.446 e. The second-order valence-electron chi connectivity index (χ2n) is 5.90. The quantitative estimate of drug-likeness (QED) is 0.615. The summed E-state index contributed by atoms with van der Waals surface area (Å²) in [7, 11) is 1.47. The van der Waals surface area contributed by atoms with Gasteiger partial charge in [-0.1, -0.05) is 0 Å². The van der Waals surface area contributed by atoms with E-state index in [0.717, 1.165) is 4.57 Å². The van der Waals surface area contributed by atoms with E-state index >= 15 is 0 Å². The van der Waals surface area contributed by atoms with Crippen LogP contribution in [0.25, 0.3) is 5.69 Å². The lowest BCUT2D eigenvalue weighted by molar-refractivity contribution is -0.0328. The highest BCUT2D eigenvalue weighted by atomic mass is 32.2. The monoisotopic (exact) mass is 424 g/mol. The Hall–Kier alpha value is -3.21. The summed E-state index contributed by atoms with van der Waals surface area (Å²) in [5, 5.41) is 12.6. The minimum absolute atomic E-state index is 0.0354. The first-order chi connectivity index (χ1) is 13.7. The number of rotatable bonds is 5. The molecule has 0 aliphatic carbocycles. The second kappa shape index (κ2) is 8.03. The Morgan fingerprint density at radius 2 is 1.93 bits per heavy atom. The van der Waals surface area contributed by atoms with Crippen LogP contribution in [0.2, 0.25) is 0 Å². The summed E-state index contributed by atoms with van der Waals surface area (Å²) < 4.78 is 39.5. The van der Waals surface area contributed by atoms with E-state index in [9.17, 15) is 27.9 Å². The van der Waals surface area contributed by atoms with Gasteiger partial charge in [0.1, 0.15) is 5.69 Å². The molecule has 0 atom stereocenters. The molecule has 2 N–H and O–H groups in total. The van der Waals surface area contributed by atoms with Gasteiger partial charge >= 0.3 is 11.2 Å². The molecule has 1 amide bonds.